The van der Waals surface area contributed by atoms with Gasteiger partial charge in [-0.15, -0.1) is 0 Å². The summed E-state index contributed by atoms with van der Waals surface area (Å²) in [7, 11) is 3.33. The average Bonchev–Trinajstić information content (AvgIpc) is 2.37. The molecule has 1 atom stereocenters. The van der Waals surface area contributed by atoms with Gasteiger partial charge in [0.25, 0.3) is 0 Å². The smallest absolute Gasteiger partial charge is 0.192 e. The molecule has 0 aliphatic heterocycles. The number of aliphatic hydroxyl groups excluding tert-OH is 1. The van der Waals surface area contributed by atoms with Crippen molar-refractivity contribution in [3.63, 3.8) is 0 Å². The molecule has 0 spiro atoms. The molecule has 1 aromatic rings. The molecule has 4 nitrogen and oxygen atoms in total. The van der Waals surface area contributed by atoms with E-state index in [1.165, 1.54) is 0 Å². The second kappa shape index (κ2) is 6.68. The van der Waals surface area contributed by atoms with Gasteiger partial charge >= 0.3 is 0 Å². The number of likely N-dealkylation sites (N-methyl/N-ethyl adjacent to an activating group) is 1. The number of aryl methyl sites for hydroxylation is 1. The van der Waals surface area contributed by atoms with Crippen molar-refractivity contribution in [2.75, 3.05) is 20.7 Å². The Morgan fingerprint density at radius 1 is 1.42 bits per heavy atom. The van der Waals surface area contributed by atoms with Crippen LogP contribution in [-0.4, -0.2) is 37.7 Å². The van der Waals surface area contributed by atoms with Crippen molar-refractivity contribution in [3.8, 4) is 5.75 Å². The quantitative estimate of drug-likeness (QED) is 0.771. The number of nitrogens with one attached hydrogen (secondary N) is 1. The highest BCUT2D eigenvalue weighted by molar-refractivity contribution is 6.01. The number of rotatable bonds is 6. The fourth-order valence-corrected chi connectivity index (χ4v) is 2.06. The number of benzene rings is 1. The van der Waals surface area contributed by atoms with Crippen molar-refractivity contribution in [2.45, 2.75) is 32.8 Å². The molecule has 106 valence electrons. The van der Waals surface area contributed by atoms with Gasteiger partial charge in [0.2, 0.25) is 0 Å². The highest BCUT2D eigenvalue weighted by Crippen LogP contribution is 2.30. The molecule has 0 saturated carbocycles. The van der Waals surface area contributed by atoms with E-state index in [0.717, 1.165) is 16.9 Å². The first-order valence-corrected chi connectivity index (χ1v) is 6.47. The van der Waals surface area contributed by atoms with E-state index < -0.39 is 6.10 Å². The fourth-order valence-electron chi connectivity index (χ4n) is 2.06. The van der Waals surface area contributed by atoms with Gasteiger partial charge in [0.1, 0.15) is 11.9 Å². The maximum absolute atomic E-state index is 12.2. The van der Waals surface area contributed by atoms with Crippen molar-refractivity contribution in [1.82, 2.24) is 5.32 Å². The molecular formula is C15H23NO3. The van der Waals surface area contributed by atoms with Crippen LogP contribution in [0, 0.1) is 6.92 Å². The zero-order chi connectivity index (χ0) is 14.6. The summed E-state index contributed by atoms with van der Waals surface area (Å²) in [5.74, 6) is 0.784. The first-order chi connectivity index (χ1) is 8.92. The second-order valence-electron chi connectivity index (χ2n) is 5.00. The maximum Gasteiger partial charge on any atom is 0.192 e. The molecule has 0 aliphatic rings. The van der Waals surface area contributed by atoms with Gasteiger partial charge in [-0.05, 0) is 43.1 Å². The van der Waals surface area contributed by atoms with Crippen molar-refractivity contribution in [1.29, 1.82) is 0 Å². The lowest BCUT2D eigenvalue weighted by atomic mass is 9.93. The lowest BCUT2D eigenvalue weighted by molar-refractivity contribution is 0.0749. The predicted octanol–water partition coefficient (Wildman–Crippen LogP) is 1.89. The Morgan fingerprint density at radius 2 is 2.05 bits per heavy atom. The Balaban J connectivity index is 3.21. The molecule has 0 amide bonds. The van der Waals surface area contributed by atoms with E-state index in [9.17, 15) is 9.90 Å². The minimum absolute atomic E-state index is 0.251. The summed E-state index contributed by atoms with van der Waals surface area (Å²) in [5, 5.41) is 12.6. The number of Topliss-reactive ketones (excluding diaryl/α,β-unsaturated/α-hetero) is 1. The molecule has 0 bridgehead atoms. The molecule has 0 heterocycles. The first-order valence-electron chi connectivity index (χ1n) is 6.47. The summed E-state index contributed by atoms with van der Waals surface area (Å²) in [6.45, 7) is 6.20. The summed E-state index contributed by atoms with van der Waals surface area (Å²) in [5.41, 5.74) is 2.36. The minimum atomic E-state index is -1.02. The van der Waals surface area contributed by atoms with Gasteiger partial charge < -0.3 is 15.2 Å². The van der Waals surface area contributed by atoms with E-state index in [2.05, 4.69) is 5.32 Å². The number of carbonyl (C=O) groups excluding carboxylic acids is 1. The van der Waals surface area contributed by atoms with E-state index >= 15 is 0 Å². The average molecular weight is 265 g/mol. The number of carbonyl (C=O) groups is 1. The van der Waals surface area contributed by atoms with Crippen LogP contribution in [0.2, 0.25) is 0 Å². The molecule has 4 heteroatoms. The summed E-state index contributed by atoms with van der Waals surface area (Å²) < 4.78 is 5.34. The molecule has 1 rings (SSSR count). The Labute approximate surface area is 114 Å². The van der Waals surface area contributed by atoms with Crippen molar-refractivity contribution < 1.29 is 14.6 Å². The van der Waals surface area contributed by atoms with E-state index in [1.807, 2.05) is 32.9 Å². The van der Waals surface area contributed by atoms with Gasteiger partial charge in [0, 0.05) is 12.1 Å². The number of aliphatic hydroxyl groups is 1. The van der Waals surface area contributed by atoms with Crippen LogP contribution in [0.1, 0.15) is 41.3 Å². The van der Waals surface area contributed by atoms with Gasteiger partial charge in [0.05, 0.1) is 7.11 Å². The normalized spacial score (nSPS) is 12.6. The molecule has 0 aliphatic carbocycles. The maximum atomic E-state index is 12.2. The first kappa shape index (κ1) is 15.7. The van der Waals surface area contributed by atoms with Crippen LogP contribution in [0.15, 0.2) is 12.1 Å². The van der Waals surface area contributed by atoms with E-state index in [0.29, 0.717) is 5.56 Å². The van der Waals surface area contributed by atoms with Crippen LogP contribution < -0.4 is 10.1 Å². The number of ketones is 1. The third-order valence-electron chi connectivity index (χ3n) is 3.16. The van der Waals surface area contributed by atoms with Gasteiger partial charge in [0.15, 0.2) is 5.78 Å². The van der Waals surface area contributed by atoms with Crippen LogP contribution in [0.4, 0.5) is 0 Å². The third-order valence-corrected chi connectivity index (χ3v) is 3.16. The zero-order valence-electron chi connectivity index (χ0n) is 12.3. The molecule has 0 saturated heterocycles. The van der Waals surface area contributed by atoms with Crippen LogP contribution in [0.25, 0.3) is 0 Å². The molecular weight excluding hydrogens is 242 g/mol. The van der Waals surface area contributed by atoms with Crippen LogP contribution in [0.5, 0.6) is 5.75 Å². The Kier molecular flexibility index (Phi) is 5.51. The fraction of sp³-hybridized carbons (Fsp3) is 0.533. The molecule has 0 radical (unpaired) electrons. The summed E-state index contributed by atoms with van der Waals surface area (Å²) in [6.07, 6.45) is -1.02. The van der Waals surface area contributed by atoms with Gasteiger partial charge in [-0.3, -0.25) is 4.79 Å². The lowest BCUT2D eigenvalue weighted by Crippen LogP contribution is -2.31. The number of methoxy groups -OCH3 is 1. The summed E-state index contributed by atoms with van der Waals surface area (Å²) in [4.78, 5) is 12.2. The van der Waals surface area contributed by atoms with E-state index in [4.69, 9.17) is 4.74 Å². The standard InChI is InChI=1S/C15H23NO3/c1-9(2)11-7-12(10(3)6-14(11)19-5)15(18)13(17)8-16-4/h6-7,9,13,16-17H,8H2,1-5H3. The van der Waals surface area contributed by atoms with Gasteiger partial charge in [-0.2, -0.15) is 0 Å². The molecule has 0 fully saturated rings. The Bertz CT molecular complexity index is 455. The monoisotopic (exact) mass is 265 g/mol. The van der Waals surface area contributed by atoms with Crippen molar-refractivity contribution in [3.05, 3.63) is 28.8 Å². The third kappa shape index (κ3) is 3.55. The van der Waals surface area contributed by atoms with E-state index in [-0.39, 0.29) is 18.2 Å². The van der Waals surface area contributed by atoms with E-state index in [1.54, 1.807) is 14.2 Å². The molecule has 0 aromatic heterocycles. The van der Waals surface area contributed by atoms with Crippen molar-refractivity contribution in [2.24, 2.45) is 0 Å². The zero-order valence-corrected chi connectivity index (χ0v) is 12.3. The predicted molar refractivity (Wildman–Crippen MR) is 76.1 cm³/mol. The Hall–Kier alpha value is -1.39. The summed E-state index contributed by atoms with van der Waals surface area (Å²) in [6, 6.07) is 3.69. The lowest BCUT2D eigenvalue weighted by Gasteiger charge is -2.17. The van der Waals surface area contributed by atoms with Crippen molar-refractivity contribution >= 4 is 5.78 Å². The largest absolute Gasteiger partial charge is 0.496 e. The number of hydrogen-bond donors (Lipinski definition) is 2. The van der Waals surface area contributed by atoms with Crippen LogP contribution in [-0.2, 0) is 0 Å². The summed E-state index contributed by atoms with van der Waals surface area (Å²) >= 11 is 0. The highest BCUT2D eigenvalue weighted by Gasteiger charge is 2.21. The topological polar surface area (TPSA) is 58.6 Å². The van der Waals surface area contributed by atoms with Gasteiger partial charge in [-0.1, -0.05) is 13.8 Å². The molecule has 1 unspecified atom stereocenters. The van der Waals surface area contributed by atoms with Crippen LogP contribution in [0.3, 0.4) is 0 Å². The SMILES string of the molecule is CNCC(O)C(=O)c1cc(C(C)C)c(OC)cc1C. The minimum Gasteiger partial charge on any atom is -0.496 e. The highest BCUT2D eigenvalue weighted by atomic mass is 16.5. The second-order valence-corrected chi connectivity index (χ2v) is 5.00. The van der Waals surface area contributed by atoms with Gasteiger partial charge in [-0.25, -0.2) is 0 Å². The van der Waals surface area contributed by atoms with Crippen LogP contribution >= 0.6 is 0 Å². The number of hydrogen-bond acceptors (Lipinski definition) is 4. The molecule has 19 heavy (non-hydrogen) atoms. The number of ether oxygens (including phenoxy) is 1. The molecule has 1 aromatic carbocycles. The molecule has 2 N–H and O–H groups in total. The Morgan fingerprint density at radius 3 is 2.53 bits per heavy atom.